The molecule has 4 aromatic carbocycles. The Labute approximate surface area is 483 Å². The third-order valence-corrected chi connectivity index (χ3v) is 17.2. The standard InChI is InChI=1S/C61H66N8O9S3/c1-38-53(79-37-63-38)42-24-20-40(21-25-42)34-62-56(73)48-33-43(70)35-69(48)57(74)54(61(2,3)4)65-51(71)19-8-10-31-77-30-9-7-13-39-22-26-44(27-23-39)78-32-12-18-50-52(58(75)76)66-60(81-50)68-29-28-41-14-11-15-45(46(41)36-68)55(72)67-59-64-47-16-5-6-17-49(47)80-59/h5-6,11,14-17,20-27,37,43,48,54,70H,8-10,12,18-19,28-36H2,1-4H3,(H,62,73)(H,65,71)(H,75,76)(H,64,67,72)/t43-,48+,54-/m1/s1. The second-order valence-corrected chi connectivity index (χ2v) is 24.1. The highest BCUT2D eigenvalue weighted by Gasteiger charge is 2.44. The molecule has 20 heteroatoms. The van der Waals surface area contributed by atoms with Crippen molar-refractivity contribution in [3.63, 3.8) is 0 Å². The first-order valence-electron chi connectivity index (χ1n) is 27.2. The lowest BCUT2D eigenvalue weighted by atomic mass is 9.85. The van der Waals surface area contributed by atoms with E-state index in [-0.39, 0.29) is 49.3 Å². The fourth-order valence-corrected chi connectivity index (χ4v) is 12.6. The first kappa shape index (κ1) is 58.1. The number of carboxylic acid groups (broad SMARTS) is 1. The van der Waals surface area contributed by atoms with Gasteiger partial charge in [0.2, 0.25) is 17.7 Å². The third kappa shape index (κ3) is 15.1. The number of likely N-dealkylation sites (tertiary alicyclic amines) is 1. The predicted molar refractivity (Wildman–Crippen MR) is 316 cm³/mol. The molecule has 9 rings (SSSR count). The molecule has 1 saturated heterocycles. The van der Waals surface area contributed by atoms with Gasteiger partial charge in [-0.05, 0) is 109 Å². The third-order valence-electron chi connectivity index (χ3n) is 14.1. The van der Waals surface area contributed by atoms with Gasteiger partial charge in [0.25, 0.3) is 5.91 Å². The molecule has 3 aromatic heterocycles. The number of fused-ring (bicyclic) bond motifs is 2. The Morgan fingerprint density at radius 3 is 2.46 bits per heavy atom. The van der Waals surface area contributed by atoms with Gasteiger partial charge in [-0.15, -0.1) is 22.7 Å². The summed E-state index contributed by atoms with van der Waals surface area (Å²) in [6, 6.07) is 27.1. The summed E-state index contributed by atoms with van der Waals surface area (Å²) in [7, 11) is 0. The number of aromatic nitrogens is 3. The maximum Gasteiger partial charge on any atom is 0.355 e. The highest BCUT2D eigenvalue weighted by atomic mass is 32.1. The second kappa shape index (κ2) is 26.8. The van der Waals surface area contributed by atoms with E-state index >= 15 is 0 Å². The first-order chi connectivity index (χ1) is 39.1. The fraction of sp³-hybridized carbons (Fsp3) is 0.377. The number of nitrogens with one attached hydrogen (secondary N) is 3. The zero-order chi connectivity index (χ0) is 57.0. The van der Waals surface area contributed by atoms with Crippen LogP contribution in [0.2, 0.25) is 0 Å². The molecule has 2 aliphatic heterocycles. The summed E-state index contributed by atoms with van der Waals surface area (Å²) >= 11 is 4.36. The minimum atomic E-state index is -1.08. The maximum atomic E-state index is 14.0. The van der Waals surface area contributed by atoms with E-state index in [0.717, 1.165) is 48.6 Å². The van der Waals surface area contributed by atoms with E-state index in [1.807, 2.05) is 129 Å². The summed E-state index contributed by atoms with van der Waals surface area (Å²) in [5.41, 5.74) is 8.28. The van der Waals surface area contributed by atoms with E-state index in [0.29, 0.717) is 97.9 Å². The zero-order valence-corrected chi connectivity index (χ0v) is 48.2. The molecule has 0 unspecified atom stereocenters. The number of aryl methyl sites for hydroxylation is 2. The summed E-state index contributed by atoms with van der Waals surface area (Å²) < 4.78 is 12.8. The Morgan fingerprint density at radius 1 is 0.901 bits per heavy atom. The van der Waals surface area contributed by atoms with Crippen LogP contribution in [0.3, 0.4) is 0 Å². The van der Waals surface area contributed by atoms with Crippen LogP contribution in [0, 0.1) is 24.2 Å². The van der Waals surface area contributed by atoms with Crippen LogP contribution in [0.15, 0.2) is 96.5 Å². The van der Waals surface area contributed by atoms with Crippen molar-refractivity contribution in [2.45, 2.75) is 110 Å². The number of nitrogens with zero attached hydrogens (tertiary/aromatic N) is 5. The number of ether oxygens (including phenoxy) is 2. The van der Waals surface area contributed by atoms with Gasteiger partial charge in [0.05, 0.1) is 45.6 Å². The first-order valence-corrected chi connectivity index (χ1v) is 29.7. The Kier molecular flexibility index (Phi) is 19.2. The molecule has 3 atom stereocenters. The summed E-state index contributed by atoms with van der Waals surface area (Å²) in [5.74, 6) is 4.61. The predicted octanol–water partition coefficient (Wildman–Crippen LogP) is 9.45. The highest BCUT2D eigenvalue weighted by molar-refractivity contribution is 7.22. The maximum absolute atomic E-state index is 14.0. The minimum absolute atomic E-state index is 0.00262. The second-order valence-electron chi connectivity index (χ2n) is 21.2. The molecule has 422 valence electrons. The number of carbonyl (C=O) groups excluding carboxylic acids is 4. The topological polar surface area (TPSA) is 226 Å². The van der Waals surface area contributed by atoms with Crippen LogP contribution in [-0.4, -0.2) is 111 Å². The highest BCUT2D eigenvalue weighted by Crippen LogP contribution is 2.34. The van der Waals surface area contributed by atoms with Crippen LogP contribution in [0.4, 0.5) is 10.3 Å². The van der Waals surface area contributed by atoms with Crippen molar-refractivity contribution >= 4 is 84.1 Å². The number of hydrogen-bond donors (Lipinski definition) is 5. The van der Waals surface area contributed by atoms with Crippen LogP contribution in [0.5, 0.6) is 5.75 Å². The zero-order valence-electron chi connectivity index (χ0n) is 45.8. The van der Waals surface area contributed by atoms with Crippen LogP contribution in [-0.2, 0) is 45.1 Å². The smallest absolute Gasteiger partial charge is 0.355 e. The fourth-order valence-electron chi connectivity index (χ4n) is 9.81. The summed E-state index contributed by atoms with van der Waals surface area (Å²) in [6.07, 6.45) is 2.91. The minimum Gasteiger partial charge on any atom is -0.494 e. The number of hydrogen-bond acceptors (Lipinski definition) is 15. The number of carboxylic acids is 1. The van der Waals surface area contributed by atoms with Gasteiger partial charge < -0.3 is 40.1 Å². The van der Waals surface area contributed by atoms with Crippen molar-refractivity contribution in [2.75, 3.05) is 43.1 Å². The van der Waals surface area contributed by atoms with Crippen molar-refractivity contribution in [3.05, 3.63) is 141 Å². The van der Waals surface area contributed by atoms with Crippen LogP contribution in [0.1, 0.15) is 113 Å². The molecule has 0 spiro atoms. The number of aliphatic hydroxyl groups excluding tert-OH is 1. The largest absolute Gasteiger partial charge is 0.494 e. The number of amides is 4. The lowest BCUT2D eigenvalue weighted by Crippen LogP contribution is -2.57. The molecule has 5 heterocycles. The van der Waals surface area contributed by atoms with Crippen molar-refractivity contribution in [1.29, 1.82) is 0 Å². The number of aromatic carboxylic acids is 1. The molecular formula is C61H66N8O9S3. The number of thiazole rings is 3. The van der Waals surface area contributed by atoms with Crippen LogP contribution in [0.25, 0.3) is 20.7 Å². The molecule has 0 saturated carbocycles. The summed E-state index contributed by atoms with van der Waals surface area (Å²) in [6.45, 7) is 10.1. The number of carbonyl (C=O) groups is 5. The Morgan fingerprint density at radius 2 is 1.70 bits per heavy atom. The van der Waals surface area contributed by atoms with Gasteiger partial charge >= 0.3 is 5.97 Å². The number of anilines is 2. The van der Waals surface area contributed by atoms with Gasteiger partial charge in [0.15, 0.2) is 16.0 Å². The SMILES string of the molecule is Cc1ncsc1-c1ccc(CNC(=O)[C@@H]2C[C@@H](O)CN2C(=O)[C@@H](NC(=O)CCCCOCCC#Cc2ccc(OCCCc3sc(N4CCc5cccc(C(=O)Nc6nc7ccccc7s6)c5C4)nc3C(=O)O)cc2)C(C)(C)C)cc1. The number of unbranched alkanes of at least 4 members (excludes halogenated alkanes) is 1. The lowest BCUT2D eigenvalue weighted by Gasteiger charge is -2.35. The van der Waals surface area contributed by atoms with Crippen molar-refractivity contribution in [3.8, 4) is 28.0 Å². The normalized spacial score (nSPS) is 15.4. The molecule has 0 bridgehead atoms. The van der Waals surface area contributed by atoms with Gasteiger partial charge in [-0.2, -0.15) is 0 Å². The monoisotopic (exact) mass is 1150 g/mol. The quantitative estimate of drug-likeness (QED) is 0.0315. The van der Waals surface area contributed by atoms with Crippen molar-refractivity contribution in [1.82, 2.24) is 30.5 Å². The Balaban J connectivity index is 0.657. The van der Waals surface area contributed by atoms with E-state index in [2.05, 4.69) is 42.7 Å². The average Bonchev–Trinajstić information content (AvgIpc) is 4.38. The number of aliphatic hydroxyl groups is 1. The number of β-amino-alcohol motifs (C(OH)–C–C–N with tert-alkyl or cyclic N) is 1. The Hall–Kier alpha value is -7.54. The van der Waals surface area contributed by atoms with Crippen molar-refractivity contribution in [2.24, 2.45) is 5.41 Å². The molecule has 7 aromatic rings. The lowest BCUT2D eigenvalue weighted by molar-refractivity contribution is -0.144. The number of rotatable bonds is 22. The van der Waals surface area contributed by atoms with Gasteiger partial charge in [-0.25, -0.2) is 19.7 Å². The van der Waals surface area contributed by atoms with Gasteiger partial charge in [0, 0.05) is 68.1 Å². The van der Waals surface area contributed by atoms with Gasteiger partial charge in [-0.3, -0.25) is 24.5 Å². The Bertz CT molecular complexity index is 3400. The van der Waals surface area contributed by atoms with Gasteiger partial charge in [0.1, 0.15) is 17.8 Å². The summed E-state index contributed by atoms with van der Waals surface area (Å²) in [4.78, 5) is 85.2. The van der Waals surface area contributed by atoms with Crippen LogP contribution >= 0.6 is 34.0 Å². The van der Waals surface area contributed by atoms with E-state index in [4.69, 9.17) is 9.47 Å². The van der Waals surface area contributed by atoms with E-state index < -0.39 is 35.5 Å². The molecular weight excluding hydrogens is 1080 g/mol. The molecule has 81 heavy (non-hydrogen) atoms. The van der Waals surface area contributed by atoms with Crippen LogP contribution < -0.4 is 25.6 Å². The number of para-hydroxylation sites is 1. The molecule has 5 N–H and O–H groups in total. The van der Waals surface area contributed by atoms with Gasteiger partial charge in [-0.1, -0.05) is 92.5 Å². The number of benzene rings is 4. The molecule has 4 amide bonds. The van der Waals surface area contributed by atoms with E-state index in [9.17, 15) is 34.2 Å². The molecule has 0 aliphatic carbocycles. The van der Waals surface area contributed by atoms with E-state index in [1.54, 1.807) is 11.3 Å². The summed E-state index contributed by atoms with van der Waals surface area (Å²) in [5, 5.41) is 30.7. The van der Waals surface area contributed by atoms with E-state index in [1.165, 1.54) is 27.6 Å². The molecule has 2 aliphatic rings. The molecule has 0 radical (unpaired) electrons. The van der Waals surface area contributed by atoms with Crippen molar-refractivity contribution < 1.29 is 43.7 Å². The molecule has 17 nitrogen and oxygen atoms in total. The average molecular weight is 1150 g/mol. The molecule has 1 fully saturated rings.